The second kappa shape index (κ2) is 6.37. The van der Waals surface area contributed by atoms with E-state index < -0.39 is 27.5 Å². The molecule has 1 rings (SSSR count). The number of aromatic nitrogens is 1. The van der Waals surface area contributed by atoms with Crippen molar-refractivity contribution in [2.45, 2.75) is 44.3 Å². The van der Waals surface area contributed by atoms with Crippen molar-refractivity contribution in [1.29, 1.82) is 0 Å². The molecule has 0 aliphatic heterocycles. The molecule has 21 heavy (non-hydrogen) atoms. The lowest BCUT2D eigenvalue weighted by molar-refractivity contribution is -0.123. The lowest BCUT2D eigenvalue weighted by Crippen LogP contribution is -2.50. The van der Waals surface area contributed by atoms with E-state index in [0.29, 0.717) is 0 Å². The van der Waals surface area contributed by atoms with E-state index in [1.54, 1.807) is 26.8 Å². The molecule has 1 atom stereocenters. The number of nitrogens with two attached hydrogens (primary N) is 1. The summed E-state index contributed by atoms with van der Waals surface area (Å²) in [7, 11) is -3.97. The normalized spacial score (nSPS) is 13.6. The van der Waals surface area contributed by atoms with Gasteiger partial charge in [0.15, 0.2) is 5.03 Å². The highest BCUT2D eigenvalue weighted by Gasteiger charge is 2.27. The number of anilines is 1. The summed E-state index contributed by atoms with van der Waals surface area (Å²) in [5.41, 5.74) is 1.95. The molecule has 0 aromatic carbocycles. The molecule has 9 heteroatoms. The molecular formula is C12H21N5O3S. The number of hydrogen-bond donors (Lipinski definition) is 4. The van der Waals surface area contributed by atoms with Crippen molar-refractivity contribution in [2.24, 2.45) is 5.84 Å². The zero-order chi connectivity index (χ0) is 16.3. The van der Waals surface area contributed by atoms with Crippen molar-refractivity contribution in [3.8, 4) is 0 Å². The third-order valence-electron chi connectivity index (χ3n) is 2.40. The number of nitrogens with one attached hydrogen (secondary N) is 3. The molecule has 0 radical (unpaired) electrons. The van der Waals surface area contributed by atoms with Gasteiger partial charge in [-0.1, -0.05) is 0 Å². The molecule has 1 aromatic heterocycles. The number of carbonyl (C=O) groups is 1. The van der Waals surface area contributed by atoms with Crippen LogP contribution in [0.2, 0.25) is 0 Å². The van der Waals surface area contributed by atoms with Crippen LogP contribution in [0.25, 0.3) is 0 Å². The minimum absolute atomic E-state index is 0.147. The number of nitrogen functional groups attached to an aromatic ring is 1. The highest BCUT2D eigenvalue weighted by molar-refractivity contribution is 7.89. The lowest BCUT2D eigenvalue weighted by Gasteiger charge is -2.23. The number of sulfonamides is 1. The number of hydrazine groups is 1. The van der Waals surface area contributed by atoms with Crippen LogP contribution >= 0.6 is 0 Å². The van der Waals surface area contributed by atoms with Crippen molar-refractivity contribution < 1.29 is 13.2 Å². The number of rotatable bonds is 5. The molecular weight excluding hydrogens is 294 g/mol. The Morgan fingerprint density at radius 3 is 2.52 bits per heavy atom. The molecule has 0 bridgehead atoms. The summed E-state index contributed by atoms with van der Waals surface area (Å²) in [5.74, 6) is 4.83. The predicted molar refractivity (Wildman–Crippen MR) is 79.7 cm³/mol. The Bertz CT molecular complexity index is 610. The van der Waals surface area contributed by atoms with Gasteiger partial charge in [-0.2, -0.15) is 4.72 Å². The highest BCUT2D eigenvalue weighted by Crippen LogP contribution is 2.16. The van der Waals surface area contributed by atoms with Gasteiger partial charge in [-0.05, 0) is 39.8 Å². The summed E-state index contributed by atoms with van der Waals surface area (Å²) in [6.07, 6.45) is 1.33. The van der Waals surface area contributed by atoms with Crippen molar-refractivity contribution in [1.82, 2.24) is 15.0 Å². The minimum Gasteiger partial charge on any atom is -0.350 e. The van der Waals surface area contributed by atoms with E-state index in [0.717, 1.165) is 0 Å². The number of amides is 1. The first-order chi connectivity index (χ1) is 9.57. The average molecular weight is 315 g/mol. The number of nitrogens with zero attached hydrogens (tertiary/aromatic N) is 1. The van der Waals surface area contributed by atoms with E-state index in [1.165, 1.54) is 19.2 Å². The molecule has 1 aromatic rings. The van der Waals surface area contributed by atoms with Gasteiger partial charge in [0.25, 0.3) is 10.0 Å². The van der Waals surface area contributed by atoms with Crippen molar-refractivity contribution in [2.75, 3.05) is 5.43 Å². The van der Waals surface area contributed by atoms with E-state index >= 15 is 0 Å². The topological polar surface area (TPSA) is 126 Å². The molecule has 0 saturated carbocycles. The van der Waals surface area contributed by atoms with Crippen molar-refractivity contribution >= 4 is 21.6 Å². The van der Waals surface area contributed by atoms with Crippen molar-refractivity contribution in [3.05, 3.63) is 18.3 Å². The molecule has 1 unspecified atom stereocenters. The van der Waals surface area contributed by atoms with Gasteiger partial charge in [0, 0.05) is 11.7 Å². The molecule has 0 aliphatic rings. The highest BCUT2D eigenvalue weighted by atomic mass is 32.2. The monoisotopic (exact) mass is 315 g/mol. The maximum absolute atomic E-state index is 12.2. The molecule has 118 valence electrons. The Morgan fingerprint density at radius 2 is 2.00 bits per heavy atom. The van der Waals surface area contributed by atoms with Crippen LogP contribution in [0.3, 0.4) is 0 Å². The summed E-state index contributed by atoms with van der Waals surface area (Å²) in [5, 5.41) is 2.43. The van der Waals surface area contributed by atoms with Crippen LogP contribution in [-0.4, -0.2) is 30.9 Å². The van der Waals surface area contributed by atoms with Crippen LogP contribution in [0.5, 0.6) is 0 Å². The van der Waals surface area contributed by atoms with Gasteiger partial charge in [0.1, 0.15) is 0 Å². The fourth-order valence-electron chi connectivity index (χ4n) is 1.53. The summed E-state index contributed by atoms with van der Waals surface area (Å²) in [6.45, 7) is 6.88. The van der Waals surface area contributed by atoms with Gasteiger partial charge in [-0.15, -0.1) is 0 Å². The fourth-order valence-corrected chi connectivity index (χ4v) is 2.83. The van der Waals surface area contributed by atoms with E-state index in [1.807, 2.05) is 0 Å². The summed E-state index contributed by atoms with van der Waals surface area (Å²) in [6, 6.07) is 2.08. The van der Waals surface area contributed by atoms with Crippen molar-refractivity contribution in [3.63, 3.8) is 0 Å². The van der Waals surface area contributed by atoms with Gasteiger partial charge in [-0.3, -0.25) is 10.6 Å². The Labute approximate surface area is 124 Å². The third-order valence-corrected chi connectivity index (χ3v) is 3.90. The molecule has 1 heterocycles. The zero-order valence-corrected chi connectivity index (χ0v) is 13.3. The number of hydrogen-bond acceptors (Lipinski definition) is 6. The van der Waals surface area contributed by atoms with Crippen LogP contribution in [0.1, 0.15) is 27.7 Å². The first-order valence-electron chi connectivity index (χ1n) is 6.33. The smallest absolute Gasteiger partial charge is 0.260 e. The second-order valence-corrected chi connectivity index (χ2v) is 7.21. The Hall–Kier alpha value is -1.71. The Kier molecular flexibility index (Phi) is 5.26. The van der Waals surface area contributed by atoms with Gasteiger partial charge in [-0.25, -0.2) is 13.4 Å². The zero-order valence-electron chi connectivity index (χ0n) is 12.5. The standard InChI is InChI=1S/C12H21N5O3S/c1-8(10(18)15-12(2,3)4)17-21(19,20)11-9(16-13)6-5-7-14-11/h5-8,16-17H,13H2,1-4H3,(H,15,18). The Morgan fingerprint density at radius 1 is 1.38 bits per heavy atom. The third kappa shape index (κ3) is 4.96. The van der Waals surface area contributed by atoms with Crippen LogP contribution < -0.4 is 21.3 Å². The molecule has 0 saturated heterocycles. The minimum atomic E-state index is -3.97. The van der Waals surface area contributed by atoms with Gasteiger partial charge < -0.3 is 10.7 Å². The quantitative estimate of drug-likeness (QED) is 0.446. The van der Waals surface area contributed by atoms with Crippen LogP contribution in [0.4, 0.5) is 5.69 Å². The first-order valence-corrected chi connectivity index (χ1v) is 7.81. The number of carbonyl (C=O) groups excluding carboxylic acids is 1. The largest absolute Gasteiger partial charge is 0.350 e. The maximum atomic E-state index is 12.2. The molecule has 0 fully saturated rings. The van der Waals surface area contributed by atoms with E-state index in [9.17, 15) is 13.2 Å². The van der Waals surface area contributed by atoms with Crippen LogP contribution in [0.15, 0.2) is 23.4 Å². The lowest BCUT2D eigenvalue weighted by atomic mass is 10.1. The first kappa shape index (κ1) is 17.3. The van der Waals surface area contributed by atoms with Crippen LogP contribution in [0, 0.1) is 0 Å². The van der Waals surface area contributed by atoms with E-state index in [4.69, 9.17) is 5.84 Å². The molecule has 0 aliphatic carbocycles. The van der Waals surface area contributed by atoms with E-state index in [2.05, 4.69) is 20.4 Å². The second-order valence-electron chi connectivity index (χ2n) is 5.58. The Balaban J connectivity index is 2.93. The fraction of sp³-hybridized carbons (Fsp3) is 0.500. The van der Waals surface area contributed by atoms with Crippen LogP contribution in [-0.2, 0) is 14.8 Å². The van der Waals surface area contributed by atoms with Gasteiger partial charge in [0.05, 0.1) is 11.7 Å². The predicted octanol–water partition coefficient (Wildman–Crippen LogP) is -0.0513. The summed E-state index contributed by atoms with van der Waals surface area (Å²) >= 11 is 0. The molecule has 8 nitrogen and oxygen atoms in total. The molecule has 5 N–H and O–H groups in total. The number of pyridine rings is 1. The molecule has 0 spiro atoms. The molecule has 1 amide bonds. The average Bonchev–Trinajstić information content (AvgIpc) is 2.36. The summed E-state index contributed by atoms with van der Waals surface area (Å²) in [4.78, 5) is 15.7. The SMILES string of the molecule is CC(NS(=O)(=O)c1ncccc1NN)C(=O)NC(C)(C)C. The van der Waals surface area contributed by atoms with Gasteiger partial charge >= 0.3 is 0 Å². The maximum Gasteiger partial charge on any atom is 0.260 e. The van der Waals surface area contributed by atoms with E-state index in [-0.39, 0.29) is 10.7 Å². The summed E-state index contributed by atoms with van der Waals surface area (Å²) < 4.78 is 26.8. The van der Waals surface area contributed by atoms with Gasteiger partial charge in [0.2, 0.25) is 5.91 Å².